The second-order valence-electron chi connectivity index (χ2n) is 6.29. The largest absolute Gasteiger partial charge is 0.497 e. The Hall–Kier alpha value is -2.76. The van der Waals surface area contributed by atoms with Crippen LogP contribution in [0.1, 0.15) is 6.92 Å². The number of aromatic nitrogens is 1. The number of hydrogen-bond acceptors (Lipinski definition) is 4. The van der Waals surface area contributed by atoms with Crippen LogP contribution in [0.2, 0.25) is 5.02 Å². The van der Waals surface area contributed by atoms with Gasteiger partial charge in [-0.05, 0) is 54.6 Å². The first-order valence-corrected chi connectivity index (χ1v) is 9.85. The predicted molar refractivity (Wildman–Crippen MR) is 116 cm³/mol. The van der Waals surface area contributed by atoms with Gasteiger partial charge in [-0.2, -0.15) is 0 Å². The van der Waals surface area contributed by atoms with Crippen LogP contribution < -0.4 is 10.1 Å². The quantitative estimate of drug-likeness (QED) is 0.411. The van der Waals surface area contributed by atoms with E-state index in [0.29, 0.717) is 5.02 Å². The summed E-state index contributed by atoms with van der Waals surface area (Å²) < 4.78 is 5.41. The van der Waals surface area contributed by atoms with E-state index in [0.717, 1.165) is 43.0 Å². The molecule has 1 N–H and O–H groups in total. The summed E-state index contributed by atoms with van der Waals surface area (Å²) in [6.45, 7) is 1.50. The maximum Gasteiger partial charge on any atom is 0.221 e. The minimum absolute atomic E-state index is 0.0875. The minimum Gasteiger partial charge on any atom is -0.497 e. The SMILES string of the molecule is COc1ccc2nc3cc(Cl)ccc3c(Sc3ccc(NC(C)=O)cc3)c2c1. The highest BCUT2D eigenvalue weighted by atomic mass is 35.5. The van der Waals surface area contributed by atoms with E-state index in [4.69, 9.17) is 21.3 Å². The predicted octanol–water partition coefficient (Wildman–Crippen LogP) is 6.16. The number of amides is 1. The first-order valence-electron chi connectivity index (χ1n) is 8.66. The third kappa shape index (κ3) is 3.77. The van der Waals surface area contributed by atoms with E-state index in [1.54, 1.807) is 18.9 Å². The lowest BCUT2D eigenvalue weighted by Gasteiger charge is -2.12. The number of halogens is 1. The van der Waals surface area contributed by atoms with Crippen LogP contribution in [-0.2, 0) is 4.79 Å². The fourth-order valence-electron chi connectivity index (χ4n) is 3.02. The third-order valence-corrected chi connectivity index (χ3v) is 5.68. The lowest BCUT2D eigenvalue weighted by molar-refractivity contribution is -0.114. The monoisotopic (exact) mass is 408 g/mol. The molecule has 0 saturated carbocycles. The number of methoxy groups -OCH3 is 1. The van der Waals surface area contributed by atoms with Crippen LogP contribution in [-0.4, -0.2) is 18.0 Å². The molecule has 1 amide bonds. The van der Waals surface area contributed by atoms with E-state index in [1.165, 1.54) is 6.92 Å². The highest BCUT2D eigenvalue weighted by Gasteiger charge is 2.12. The standard InChI is InChI=1S/C22H17ClN2O2S/c1-13(26)24-15-4-7-17(8-5-15)28-22-18-9-3-14(23)11-21(18)25-20-10-6-16(27-2)12-19(20)22/h3-12H,1-2H3,(H,24,26). The number of carbonyl (C=O) groups excluding carboxylic acids is 1. The molecule has 0 fully saturated rings. The Kier molecular flexibility index (Phi) is 5.11. The van der Waals surface area contributed by atoms with Gasteiger partial charge in [-0.3, -0.25) is 4.79 Å². The van der Waals surface area contributed by atoms with Gasteiger partial charge >= 0.3 is 0 Å². The fraction of sp³-hybridized carbons (Fsp3) is 0.0909. The van der Waals surface area contributed by atoms with Gasteiger partial charge < -0.3 is 10.1 Å². The molecule has 4 aromatic rings. The second-order valence-corrected chi connectivity index (χ2v) is 7.81. The number of nitrogens with zero attached hydrogens (tertiary/aromatic N) is 1. The highest BCUT2D eigenvalue weighted by Crippen LogP contribution is 2.40. The Labute approximate surface area is 171 Å². The Morgan fingerprint density at radius 1 is 1.00 bits per heavy atom. The summed E-state index contributed by atoms with van der Waals surface area (Å²) in [6, 6.07) is 19.4. The molecule has 0 unspecified atom stereocenters. The molecule has 4 nitrogen and oxygen atoms in total. The van der Waals surface area contributed by atoms with Crippen molar-refractivity contribution in [2.45, 2.75) is 16.7 Å². The van der Waals surface area contributed by atoms with Crippen LogP contribution in [0.4, 0.5) is 5.69 Å². The van der Waals surface area contributed by atoms with Crippen LogP contribution in [0.5, 0.6) is 5.75 Å². The van der Waals surface area contributed by atoms with Gasteiger partial charge in [0.05, 0.1) is 18.1 Å². The molecule has 28 heavy (non-hydrogen) atoms. The molecule has 0 bridgehead atoms. The van der Waals surface area contributed by atoms with Crippen molar-refractivity contribution in [3.05, 3.63) is 65.7 Å². The topological polar surface area (TPSA) is 51.2 Å². The zero-order valence-electron chi connectivity index (χ0n) is 15.3. The van der Waals surface area contributed by atoms with E-state index >= 15 is 0 Å². The first kappa shape index (κ1) is 18.6. The molecular weight excluding hydrogens is 392 g/mol. The second kappa shape index (κ2) is 7.70. The summed E-state index contributed by atoms with van der Waals surface area (Å²) in [5.41, 5.74) is 2.50. The zero-order valence-corrected chi connectivity index (χ0v) is 16.9. The molecule has 0 spiro atoms. The van der Waals surface area contributed by atoms with Crippen molar-refractivity contribution in [1.82, 2.24) is 4.98 Å². The Morgan fingerprint density at radius 3 is 2.50 bits per heavy atom. The normalized spacial score (nSPS) is 11.0. The van der Waals surface area contributed by atoms with Gasteiger partial charge in [0.25, 0.3) is 0 Å². The Bertz CT molecular complexity index is 1190. The van der Waals surface area contributed by atoms with Crippen molar-refractivity contribution in [3.63, 3.8) is 0 Å². The summed E-state index contributed by atoms with van der Waals surface area (Å²) in [7, 11) is 1.66. The van der Waals surface area contributed by atoms with E-state index in [9.17, 15) is 4.79 Å². The highest BCUT2D eigenvalue weighted by molar-refractivity contribution is 7.99. The number of hydrogen-bond donors (Lipinski definition) is 1. The van der Waals surface area contributed by atoms with Gasteiger partial charge in [0.2, 0.25) is 5.91 Å². The minimum atomic E-state index is -0.0875. The van der Waals surface area contributed by atoms with Crippen molar-refractivity contribution < 1.29 is 9.53 Å². The maximum absolute atomic E-state index is 11.2. The van der Waals surface area contributed by atoms with Gasteiger partial charge in [0.1, 0.15) is 5.75 Å². The molecule has 4 rings (SSSR count). The van der Waals surface area contributed by atoms with E-state index in [1.807, 2.05) is 60.7 Å². The van der Waals surface area contributed by atoms with Gasteiger partial charge in [-0.25, -0.2) is 4.98 Å². The Balaban J connectivity index is 1.85. The number of rotatable bonds is 4. The molecular formula is C22H17ClN2O2S. The third-order valence-electron chi connectivity index (χ3n) is 4.29. The van der Waals surface area contributed by atoms with Gasteiger partial charge in [-0.15, -0.1) is 0 Å². The van der Waals surface area contributed by atoms with Crippen LogP contribution in [0, 0.1) is 0 Å². The van der Waals surface area contributed by atoms with Crippen LogP contribution in [0.25, 0.3) is 21.8 Å². The summed E-state index contributed by atoms with van der Waals surface area (Å²) in [5, 5.41) is 5.49. The smallest absolute Gasteiger partial charge is 0.221 e. The molecule has 0 aliphatic heterocycles. The number of anilines is 1. The molecule has 3 aromatic carbocycles. The molecule has 0 aliphatic carbocycles. The molecule has 0 atom stereocenters. The van der Waals surface area contributed by atoms with Crippen molar-refractivity contribution in [3.8, 4) is 5.75 Å². The lowest BCUT2D eigenvalue weighted by atomic mass is 10.1. The van der Waals surface area contributed by atoms with Gasteiger partial charge in [-0.1, -0.05) is 29.4 Å². The average Bonchev–Trinajstić information content (AvgIpc) is 2.68. The molecule has 0 saturated heterocycles. The molecule has 0 aliphatic rings. The van der Waals surface area contributed by atoms with Gasteiger partial charge in [0.15, 0.2) is 0 Å². The summed E-state index contributed by atoms with van der Waals surface area (Å²) in [5.74, 6) is 0.695. The van der Waals surface area contributed by atoms with Crippen LogP contribution >= 0.6 is 23.4 Å². The number of pyridine rings is 1. The number of benzene rings is 3. The number of nitrogens with one attached hydrogen (secondary N) is 1. The summed E-state index contributed by atoms with van der Waals surface area (Å²) in [6.07, 6.45) is 0. The molecule has 0 radical (unpaired) electrons. The van der Waals surface area contributed by atoms with Crippen molar-refractivity contribution in [1.29, 1.82) is 0 Å². The van der Waals surface area contributed by atoms with Crippen molar-refractivity contribution in [2.75, 3.05) is 12.4 Å². The summed E-state index contributed by atoms with van der Waals surface area (Å²) >= 11 is 7.84. The summed E-state index contributed by atoms with van der Waals surface area (Å²) in [4.78, 5) is 18.1. The lowest BCUT2D eigenvalue weighted by Crippen LogP contribution is -2.05. The maximum atomic E-state index is 11.2. The first-order chi connectivity index (χ1) is 13.5. The van der Waals surface area contributed by atoms with E-state index in [2.05, 4.69) is 5.32 Å². The van der Waals surface area contributed by atoms with E-state index in [-0.39, 0.29) is 5.91 Å². The molecule has 1 heterocycles. The van der Waals surface area contributed by atoms with E-state index < -0.39 is 0 Å². The molecule has 1 aromatic heterocycles. The zero-order chi connectivity index (χ0) is 19.7. The van der Waals surface area contributed by atoms with Crippen molar-refractivity contribution >= 4 is 56.8 Å². The number of fused-ring (bicyclic) bond motifs is 2. The van der Waals surface area contributed by atoms with Crippen LogP contribution in [0.3, 0.4) is 0 Å². The molecule has 6 heteroatoms. The van der Waals surface area contributed by atoms with Gasteiger partial charge in [0, 0.05) is 38.2 Å². The average molecular weight is 409 g/mol. The Morgan fingerprint density at radius 2 is 1.79 bits per heavy atom. The van der Waals surface area contributed by atoms with Crippen LogP contribution in [0.15, 0.2) is 70.5 Å². The number of carbonyl (C=O) groups is 1. The number of ether oxygens (including phenoxy) is 1. The fourth-order valence-corrected chi connectivity index (χ4v) is 4.25. The van der Waals surface area contributed by atoms with Crippen molar-refractivity contribution in [2.24, 2.45) is 0 Å². The molecule has 140 valence electrons.